The van der Waals surface area contributed by atoms with Crippen molar-refractivity contribution in [2.24, 2.45) is 0 Å². The summed E-state index contributed by atoms with van der Waals surface area (Å²) in [5.41, 5.74) is 1.70. The minimum absolute atomic E-state index is 0.0114. The van der Waals surface area contributed by atoms with E-state index in [9.17, 15) is 4.79 Å². The van der Waals surface area contributed by atoms with Gasteiger partial charge in [-0.25, -0.2) is 0 Å². The highest BCUT2D eigenvalue weighted by molar-refractivity contribution is 6.02. The highest BCUT2D eigenvalue weighted by Crippen LogP contribution is 2.30. The van der Waals surface area contributed by atoms with Gasteiger partial charge in [-0.05, 0) is 19.1 Å². The molecule has 0 saturated heterocycles. The number of carbonyl (C=O) groups excluding carboxylic acids is 1. The standard InChI is InChI=1S/C10H12N2O2/c1-6-10(13)12-8-4-3-7(14-2)5-9(8)11-6/h3-6,11H,1-2H3,(H,12,13)/t6-/m1/s1. The number of hydrogen-bond donors (Lipinski definition) is 2. The molecule has 1 aromatic rings. The van der Waals surface area contributed by atoms with Crippen LogP contribution in [0.2, 0.25) is 0 Å². The lowest BCUT2D eigenvalue weighted by molar-refractivity contribution is -0.116. The fourth-order valence-electron chi connectivity index (χ4n) is 1.42. The van der Waals surface area contributed by atoms with Crippen LogP contribution in [0.3, 0.4) is 0 Å². The maximum absolute atomic E-state index is 11.3. The Labute approximate surface area is 82.3 Å². The van der Waals surface area contributed by atoms with Crippen LogP contribution < -0.4 is 15.4 Å². The van der Waals surface area contributed by atoms with Gasteiger partial charge in [-0.3, -0.25) is 4.79 Å². The second-order valence-electron chi connectivity index (χ2n) is 3.27. The SMILES string of the molecule is COc1ccc2c(c1)N[C@H](C)C(=O)N2. The maximum atomic E-state index is 11.3. The number of hydrogen-bond acceptors (Lipinski definition) is 3. The summed E-state index contributed by atoms with van der Waals surface area (Å²) >= 11 is 0. The van der Waals surface area contributed by atoms with Crippen LogP contribution in [-0.4, -0.2) is 19.1 Å². The molecule has 1 aromatic carbocycles. The van der Waals surface area contributed by atoms with Gasteiger partial charge in [0.2, 0.25) is 5.91 Å². The van der Waals surface area contributed by atoms with Crippen LogP contribution >= 0.6 is 0 Å². The van der Waals surface area contributed by atoms with Crippen LogP contribution in [0.25, 0.3) is 0 Å². The Morgan fingerprint density at radius 2 is 2.14 bits per heavy atom. The molecular weight excluding hydrogens is 180 g/mol. The molecule has 4 heteroatoms. The molecule has 2 rings (SSSR count). The lowest BCUT2D eigenvalue weighted by Crippen LogP contribution is -2.36. The Hall–Kier alpha value is -1.71. The molecule has 0 saturated carbocycles. The highest BCUT2D eigenvalue weighted by Gasteiger charge is 2.21. The summed E-state index contributed by atoms with van der Waals surface area (Å²) in [5, 5.41) is 5.90. The molecule has 0 aliphatic carbocycles. The number of fused-ring (bicyclic) bond motifs is 1. The van der Waals surface area contributed by atoms with Crippen LogP contribution in [0.4, 0.5) is 11.4 Å². The van der Waals surface area contributed by atoms with E-state index < -0.39 is 0 Å². The molecule has 0 spiro atoms. The molecule has 0 aromatic heterocycles. The smallest absolute Gasteiger partial charge is 0.246 e. The third-order valence-electron chi connectivity index (χ3n) is 2.25. The van der Waals surface area contributed by atoms with E-state index in [2.05, 4.69) is 10.6 Å². The largest absolute Gasteiger partial charge is 0.497 e. The topological polar surface area (TPSA) is 50.4 Å². The maximum Gasteiger partial charge on any atom is 0.246 e. The number of ether oxygens (including phenoxy) is 1. The third-order valence-corrected chi connectivity index (χ3v) is 2.25. The number of amides is 1. The Morgan fingerprint density at radius 1 is 1.36 bits per heavy atom. The van der Waals surface area contributed by atoms with E-state index in [1.54, 1.807) is 7.11 Å². The first kappa shape index (κ1) is 8.87. The van der Waals surface area contributed by atoms with Gasteiger partial charge in [0.05, 0.1) is 18.5 Å². The minimum atomic E-state index is -0.199. The first-order valence-electron chi connectivity index (χ1n) is 4.46. The van der Waals surface area contributed by atoms with Gasteiger partial charge in [-0.15, -0.1) is 0 Å². The van der Waals surface area contributed by atoms with E-state index in [4.69, 9.17) is 4.74 Å². The molecule has 0 unspecified atom stereocenters. The molecule has 14 heavy (non-hydrogen) atoms. The summed E-state index contributed by atoms with van der Waals surface area (Å²) in [6, 6.07) is 5.31. The number of rotatable bonds is 1. The van der Waals surface area contributed by atoms with Crippen molar-refractivity contribution >= 4 is 17.3 Å². The summed E-state index contributed by atoms with van der Waals surface area (Å²) in [6.45, 7) is 1.82. The van der Waals surface area contributed by atoms with Gasteiger partial charge in [-0.2, -0.15) is 0 Å². The Kier molecular flexibility index (Phi) is 2.04. The molecule has 0 radical (unpaired) electrons. The molecule has 1 amide bonds. The number of nitrogens with one attached hydrogen (secondary N) is 2. The monoisotopic (exact) mass is 192 g/mol. The molecule has 1 aliphatic heterocycles. The molecule has 1 atom stereocenters. The predicted molar refractivity (Wildman–Crippen MR) is 54.7 cm³/mol. The van der Waals surface area contributed by atoms with E-state index in [1.165, 1.54) is 0 Å². The first-order valence-corrected chi connectivity index (χ1v) is 4.46. The third kappa shape index (κ3) is 1.39. The van der Waals surface area contributed by atoms with Crippen LogP contribution in [0, 0.1) is 0 Å². The van der Waals surface area contributed by atoms with Crippen LogP contribution in [-0.2, 0) is 4.79 Å². The lowest BCUT2D eigenvalue weighted by atomic mass is 10.1. The fourth-order valence-corrected chi connectivity index (χ4v) is 1.42. The highest BCUT2D eigenvalue weighted by atomic mass is 16.5. The molecule has 1 aliphatic rings. The molecule has 0 bridgehead atoms. The van der Waals surface area contributed by atoms with Gasteiger partial charge in [0.25, 0.3) is 0 Å². The summed E-state index contributed by atoms with van der Waals surface area (Å²) in [4.78, 5) is 11.3. The zero-order chi connectivity index (χ0) is 10.1. The van der Waals surface area contributed by atoms with Crippen LogP contribution in [0.1, 0.15) is 6.92 Å². The number of anilines is 2. The fraction of sp³-hybridized carbons (Fsp3) is 0.300. The zero-order valence-electron chi connectivity index (χ0n) is 8.13. The summed E-state index contributed by atoms with van der Waals surface area (Å²) in [5.74, 6) is 0.766. The van der Waals surface area contributed by atoms with Crippen molar-refractivity contribution < 1.29 is 9.53 Å². The van der Waals surface area contributed by atoms with Crippen molar-refractivity contribution in [1.29, 1.82) is 0 Å². The van der Waals surface area contributed by atoms with Crippen molar-refractivity contribution in [2.45, 2.75) is 13.0 Å². The number of carbonyl (C=O) groups is 1. The van der Waals surface area contributed by atoms with Gasteiger partial charge in [-0.1, -0.05) is 0 Å². The van der Waals surface area contributed by atoms with E-state index >= 15 is 0 Å². The second kappa shape index (κ2) is 3.21. The number of benzene rings is 1. The van der Waals surface area contributed by atoms with Gasteiger partial charge >= 0.3 is 0 Å². The molecule has 0 fully saturated rings. The average Bonchev–Trinajstić information content (AvgIpc) is 2.19. The molecule has 74 valence electrons. The van der Waals surface area contributed by atoms with Crippen molar-refractivity contribution in [1.82, 2.24) is 0 Å². The van der Waals surface area contributed by atoms with Crippen LogP contribution in [0.5, 0.6) is 5.75 Å². The van der Waals surface area contributed by atoms with Gasteiger partial charge in [0.15, 0.2) is 0 Å². The second-order valence-corrected chi connectivity index (χ2v) is 3.27. The quantitative estimate of drug-likeness (QED) is 0.708. The normalized spacial score (nSPS) is 19.3. The van der Waals surface area contributed by atoms with Crippen molar-refractivity contribution in [3.05, 3.63) is 18.2 Å². The summed E-state index contributed by atoms with van der Waals surface area (Å²) < 4.78 is 5.09. The van der Waals surface area contributed by atoms with Gasteiger partial charge < -0.3 is 15.4 Å². The van der Waals surface area contributed by atoms with E-state index in [-0.39, 0.29) is 11.9 Å². The molecule has 1 heterocycles. The van der Waals surface area contributed by atoms with E-state index in [0.29, 0.717) is 0 Å². The van der Waals surface area contributed by atoms with E-state index in [1.807, 2.05) is 25.1 Å². The lowest BCUT2D eigenvalue weighted by Gasteiger charge is -2.24. The minimum Gasteiger partial charge on any atom is -0.497 e. The first-order chi connectivity index (χ1) is 6.70. The Bertz CT molecular complexity index is 376. The van der Waals surface area contributed by atoms with Crippen molar-refractivity contribution in [2.75, 3.05) is 17.7 Å². The van der Waals surface area contributed by atoms with Gasteiger partial charge in [0, 0.05) is 6.07 Å². The van der Waals surface area contributed by atoms with Crippen LogP contribution in [0.15, 0.2) is 18.2 Å². The van der Waals surface area contributed by atoms with E-state index in [0.717, 1.165) is 17.1 Å². The Morgan fingerprint density at radius 3 is 2.86 bits per heavy atom. The number of methoxy groups -OCH3 is 1. The average molecular weight is 192 g/mol. The van der Waals surface area contributed by atoms with Crippen molar-refractivity contribution in [3.8, 4) is 5.75 Å². The summed E-state index contributed by atoms with van der Waals surface area (Å²) in [6.07, 6.45) is 0. The molecular formula is C10H12N2O2. The van der Waals surface area contributed by atoms with Gasteiger partial charge in [0.1, 0.15) is 11.8 Å². The predicted octanol–water partition coefficient (Wildman–Crippen LogP) is 1.45. The van der Waals surface area contributed by atoms with Crippen molar-refractivity contribution in [3.63, 3.8) is 0 Å². The zero-order valence-corrected chi connectivity index (χ0v) is 8.13. The Balaban J connectivity index is 2.37. The summed E-state index contributed by atoms with van der Waals surface area (Å²) in [7, 11) is 1.62. The molecule has 2 N–H and O–H groups in total. The molecule has 4 nitrogen and oxygen atoms in total.